The van der Waals surface area contributed by atoms with E-state index in [-0.39, 0.29) is 5.91 Å². The Morgan fingerprint density at radius 1 is 1.41 bits per heavy atom. The Balaban J connectivity index is 1.57. The summed E-state index contributed by atoms with van der Waals surface area (Å²) in [7, 11) is 0. The smallest absolute Gasteiger partial charge is 0.236 e. The van der Waals surface area contributed by atoms with Gasteiger partial charge in [0.1, 0.15) is 0 Å². The molecule has 1 saturated carbocycles. The molecular weight excluding hydrogens is 220 g/mol. The second-order valence-corrected chi connectivity index (χ2v) is 4.62. The van der Waals surface area contributed by atoms with E-state index in [9.17, 15) is 4.79 Å². The predicted molar refractivity (Wildman–Crippen MR) is 63.8 cm³/mol. The molecule has 1 aliphatic heterocycles. The average Bonchev–Trinajstić information content (AvgIpc) is 2.32. The van der Waals surface area contributed by atoms with Crippen LogP contribution in [0.25, 0.3) is 0 Å². The number of ether oxygens (including phenoxy) is 2. The number of hydrogen-bond donors (Lipinski definition) is 1. The number of carbonyl (C=O) groups is 1. The van der Waals surface area contributed by atoms with Crippen molar-refractivity contribution in [2.24, 2.45) is 0 Å². The maximum Gasteiger partial charge on any atom is 0.236 e. The van der Waals surface area contributed by atoms with Gasteiger partial charge in [0.2, 0.25) is 5.91 Å². The molecule has 1 N–H and O–H groups in total. The Hall–Kier alpha value is -0.650. The lowest BCUT2D eigenvalue weighted by atomic mass is 9.89. The van der Waals surface area contributed by atoms with Crippen LogP contribution in [0.2, 0.25) is 0 Å². The molecule has 17 heavy (non-hydrogen) atoms. The van der Waals surface area contributed by atoms with Crippen molar-refractivity contribution in [1.82, 2.24) is 10.2 Å². The highest BCUT2D eigenvalue weighted by Crippen LogP contribution is 2.22. The van der Waals surface area contributed by atoms with E-state index in [4.69, 9.17) is 9.47 Å². The van der Waals surface area contributed by atoms with Crippen molar-refractivity contribution in [1.29, 1.82) is 0 Å². The number of morpholine rings is 1. The molecule has 5 nitrogen and oxygen atoms in total. The van der Waals surface area contributed by atoms with Crippen LogP contribution < -0.4 is 5.32 Å². The summed E-state index contributed by atoms with van der Waals surface area (Å²) >= 11 is 0. The van der Waals surface area contributed by atoms with Crippen molar-refractivity contribution in [2.45, 2.75) is 31.9 Å². The van der Waals surface area contributed by atoms with Crippen LogP contribution in [0.15, 0.2) is 0 Å². The van der Waals surface area contributed by atoms with Crippen LogP contribution in [0.1, 0.15) is 19.8 Å². The Morgan fingerprint density at radius 2 is 2.12 bits per heavy atom. The van der Waals surface area contributed by atoms with Crippen LogP contribution in [0, 0.1) is 0 Å². The fraction of sp³-hybridized carbons (Fsp3) is 0.917. The van der Waals surface area contributed by atoms with E-state index in [1.54, 1.807) is 0 Å². The third-order valence-electron chi connectivity index (χ3n) is 3.40. The second kappa shape index (κ2) is 6.33. The second-order valence-electron chi connectivity index (χ2n) is 4.62. The lowest BCUT2D eigenvalue weighted by molar-refractivity contribution is -0.134. The number of amides is 1. The summed E-state index contributed by atoms with van der Waals surface area (Å²) in [6.07, 6.45) is 2.46. The molecule has 0 spiro atoms. The first-order valence-electron chi connectivity index (χ1n) is 6.50. The summed E-state index contributed by atoms with van der Waals surface area (Å²) in [5.41, 5.74) is 0. The Labute approximate surface area is 102 Å². The van der Waals surface area contributed by atoms with E-state index in [1.165, 1.54) is 0 Å². The fourth-order valence-electron chi connectivity index (χ4n) is 2.26. The molecule has 2 fully saturated rings. The van der Waals surface area contributed by atoms with E-state index in [0.29, 0.717) is 31.9 Å². The minimum Gasteiger partial charge on any atom is -0.378 e. The van der Waals surface area contributed by atoms with Crippen molar-refractivity contribution >= 4 is 5.91 Å². The van der Waals surface area contributed by atoms with Crippen molar-refractivity contribution in [3.05, 3.63) is 0 Å². The van der Waals surface area contributed by atoms with Crippen molar-refractivity contribution in [3.8, 4) is 0 Å². The van der Waals surface area contributed by atoms with Crippen LogP contribution >= 0.6 is 0 Å². The SMILES string of the molecule is CCOC1CC(NCC(=O)N2CCOCC2)C1. The van der Waals surface area contributed by atoms with E-state index in [2.05, 4.69) is 5.32 Å². The molecule has 0 atom stereocenters. The third-order valence-corrected chi connectivity index (χ3v) is 3.40. The van der Waals surface area contributed by atoms with Gasteiger partial charge >= 0.3 is 0 Å². The number of carbonyl (C=O) groups excluding carboxylic acids is 1. The molecule has 1 heterocycles. The lowest BCUT2D eigenvalue weighted by Gasteiger charge is -2.36. The largest absolute Gasteiger partial charge is 0.378 e. The van der Waals surface area contributed by atoms with Crippen molar-refractivity contribution in [2.75, 3.05) is 39.5 Å². The summed E-state index contributed by atoms with van der Waals surface area (Å²) in [6.45, 7) is 6.04. The first-order valence-corrected chi connectivity index (χ1v) is 6.50. The highest BCUT2D eigenvalue weighted by atomic mass is 16.5. The van der Waals surface area contributed by atoms with Gasteiger partial charge in [-0.25, -0.2) is 0 Å². The van der Waals surface area contributed by atoms with Gasteiger partial charge in [-0.1, -0.05) is 0 Å². The van der Waals surface area contributed by atoms with Gasteiger partial charge < -0.3 is 19.7 Å². The number of rotatable bonds is 5. The maximum atomic E-state index is 11.8. The van der Waals surface area contributed by atoms with Gasteiger partial charge in [-0.3, -0.25) is 4.79 Å². The third kappa shape index (κ3) is 3.66. The molecule has 1 saturated heterocycles. The Morgan fingerprint density at radius 3 is 2.76 bits per heavy atom. The minimum atomic E-state index is 0.188. The zero-order valence-corrected chi connectivity index (χ0v) is 10.5. The molecule has 2 aliphatic rings. The van der Waals surface area contributed by atoms with Gasteiger partial charge in [0.25, 0.3) is 0 Å². The van der Waals surface area contributed by atoms with E-state index >= 15 is 0 Å². The molecule has 5 heteroatoms. The summed E-state index contributed by atoms with van der Waals surface area (Å²) < 4.78 is 10.7. The van der Waals surface area contributed by atoms with Crippen LogP contribution in [0.5, 0.6) is 0 Å². The minimum absolute atomic E-state index is 0.188. The van der Waals surface area contributed by atoms with Crippen molar-refractivity contribution in [3.63, 3.8) is 0 Å². The Kier molecular flexibility index (Phi) is 4.76. The van der Waals surface area contributed by atoms with Gasteiger partial charge in [0.05, 0.1) is 25.9 Å². The van der Waals surface area contributed by atoms with Gasteiger partial charge in [0.15, 0.2) is 0 Å². The molecular formula is C12H22N2O3. The van der Waals surface area contributed by atoms with E-state index in [0.717, 1.165) is 32.5 Å². The quantitative estimate of drug-likeness (QED) is 0.737. The van der Waals surface area contributed by atoms with Gasteiger partial charge in [-0.2, -0.15) is 0 Å². The first-order chi connectivity index (χ1) is 8.29. The predicted octanol–water partition coefficient (Wildman–Crippen LogP) is 0.00230. The normalized spacial score (nSPS) is 28.9. The topological polar surface area (TPSA) is 50.8 Å². The molecule has 0 unspecified atom stereocenters. The van der Waals surface area contributed by atoms with E-state index < -0.39 is 0 Å². The molecule has 98 valence electrons. The van der Waals surface area contributed by atoms with Gasteiger partial charge in [-0.05, 0) is 19.8 Å². The zero-order valence-electron chi connectivity index (χ0n) is 10.5. The summed E-state index contributed by atoms with van der Waals surface area (Å²) in [4.78, 5) is 13.7. The molecule has 2 rings (SSSR count). The molecule has 1 aliphatic carbocycles. The molecule has 0 aromatic rings. The van der Waals surface area contributed by atoms with E-state index in [1.807, 2.05) is 11.8 Å². The first kappa shape index (κ1) is 12.8. The number of nitrogens with one attached hydrogen (secondary N) is 1. The highest BCUT2D eigenvalue weighted by molar-refractivity contribution is 5.78. The van der Waals surface area contributed by atoms with Gasteiger partial charge in [0, 0.05) is 25.7 Å². The van der Waals surface area contributed by atoms with Crippen LogP contribution in [0.4, 0.5) is 0 Å². The molecule has 0 radical (unpaired) electrons. The lowest BCUT2D eigenvalue weighted by Crippen LogP contribution is -2.50. The molecule has 1 amide bonds. The van der Waals surface area contributed by atoms with Crippen LogP contribution in [0.3, 0.4) is 0 Å². The highest BCUT2D eigenvalue weighted by Gasteiger charge is 2.29. The number of hydrogen-bond acceptors (Lipinski definition) is 4. The Bertz CT molecular complexity index is 248. The fourth-order valence-corrected chi connectivity index (χ4v) is 2.26. The molecule has 0 bridgehead atoms. The molecule has 0 aromatic carbocycles. The average molecular weight is 242 g/mol. The summed E-state index contributed by atoms with van der Waals surface area (Å²) in [5, 5.41) is 3.29. The van der Waals surface area contributed by atoms with Gasteiger partial charge in [-0.15, -0.1) is 0 Å². The van der Waals surface area contributed by atoms with Crippen LogP contribution in [-0.4, -0.2) is 62.4 Å². The number of nitrogens with zero attached hydrogens (tertiary/aromatic N) is 1. The summed E-state index contributed by atoms with van der Waals surface area (Å²) in [5.74, 6) is 0.188. The molecule has 0 aromatic heterocycles. The van der Waals surface area contributed by atoms with Crippen molar-refractivity contribution < 1.29 is 14.3 Å². The maximum absolute atomic E-state index is 11.8. The monoisotopic (exact) mass is 242 g/mol. The zero-order chi connectivity index (χ0) is 12.1. The van der Waals surface area contributed by atoms with Crippen LogP contribution in [-0.2, 0) is 14.3 Å². The summed E-state index contributed by atoms with van der Waals surface area (Å²) in [6, 6.07) is 0.455. The standard InChI is InChI=1S/C12H22N2O3/c1-2-17-11-7-10(8-11)13-9-12(15)14-3-5-16-6-4-14/h10-11,13H,2-9H2,1H3.